The summed E-state index contributed by atoms with van der Waals surface area (Å²) >= 11 is 0. The van der Waals surface area contributed by atoms with Crippen LogP contribution in [0.3, 0.4) is 0 Å². The van der Waals surface area contributed by atoms with Crippen molar-refractivity contribution < 1.29 is 73.8 Å². The topological polar surface area (TPSA) is 231 Å². The van der Waals surface area contributed by atoms with Crippen LogP contribution in [0, 0.1) is 0 Å². The molecule has 2 rings (SSSR count). The summed E-state index contributed by atoms with van der Waals surface area (Å²) in [6.45, 7) is 2.34. The first-order chi connectivity index (χ1) is 22.5. The van der Waals surface area contributed by atoms with Gasteiger partial charge in [-0.05, 0) is 12.8 Å². The standard InChI is InChI=1S/C32H58O15/c1-3-5-7-9-11-13-15-24(35)45-20(17-42-23(34)14-12-10-8-6-4-2)18-43-31-30(41)28(39)26(37)22(47-31)19-44-32-29(40)27(38)25(36)21(16-33)46-32/h20-22,25-33,36-41H,3-19H2,1-2H3/t20-,21-,22-,25+,26+,27+,28+,29-,30-,31-,32+/m1/s1. The Morgan fingerprint density at radius 3 is 1.66 bits per heavy atom. The van der Waals surface area contributed by atoms with Crippen LogP contribution in [-0.4, -0.2) is 142 Å². The van der Waals surface area contributed by atoms with Gasteiger partial charge in [0.2, 0.25) is 0 Å². The lowest BCUT2D eigenvalue weighted by Crippen LogP contribution is -2.61. The van der Waals surface area contributed by atoms with Gasteiger partial charge in [-0.3, -0.25) is 9.59 Å². The molecule has 2 heterocycles. The van der Waals surface area contributed by atoms with E-state index in [0.717, 1.165) is 57.8 Å². The number of rotatable bonds is 23. The summed E-state index contributed by atoms with van der Waals surface area (Å²) in [7, 11) is 0. The molecule has 0 aromatic heterocycles. The van der Waals surface area contributed by atoms with Gasteiger partial charge in [0.25, 0.3) is 0 Å². The highest BCUT2D eigenvalue weighted by atomic mass is 16.7. The van der Waals surface area contributed by atoms with E-state index >= 15 is 0 Å². The first kappa shape index (κ1) is 41.7. The lowest BCUT2D eigenvalue weighted by atomic mass is 9.98. The van der Waals surface area contributed by atoms with Crippen LogP contribution >= 0.6 is 0 Å². The zero-order chi connectivity index (χ0) is 34.8. The minimum absolute atomic E-state index is 0.166. The molecule has 2 aliphatic heterocycles. The molecule has 0 unspecified atom stereocenters. The molecular formula is C32H58O15. The summed E-state index contributed by atoms with van der Waals surface area (Å²) in [6, 6.07) is 0. The van der Waals surface area contributed by atoms with Crippen molar-refractivity contribution in [3.63, 3.8) is 0 Å². The summed E-state index contributed by atoms with van der Waals surface area (Å²) in [5, 5.41) is 71.1. The predicted molar refractivity (Wildman–Crippen MR) is 165 cm³/mol. The van der Waals surface area contributed by atoms with E-state index < -0.39 is 92.7 Å². The molecule has 7 N–H and O–H groups in total. The van der Waals surface area contributed by atoms with Gasteiger partial charge < -0.3 is 64.2 Å². The van der Waals surface area contributed by atoms with Crippen molar-refractivity contribution in [3.05, 3.63) is 0 Å². The maximum atomic E-state index is 12.6. The predicted octanol–water partition coefficient (Wildman–Crippen LogP) is 0.193. The summed E-state index contributed by atoms with van der Waals surface area (Å²) in [5.41, 5.74) is 0. The average Bonchev–Trinajstić information content (AvgIpc) is 3.06. The molecular weight excluding hydrogens is 624 g/mol. The second-order valence-electron chi connectivity index (χ2n) is 12.4. The van der Waals surface area contributed by atoms with Gasteiger partial charge >= 0.3 is 11.9 Å². The fourth-order valence-corrected chi connectivity index (χ4v) is 5.33. The first-order valence-electron chi connectivity index (χ1n) is 17.1. The van der Waals surface area contributed by atoms with Crippen LogP contribution in [0.15, 0.2) is 0 Å². The fourth-order valence-electron chi connectivity index (χ4n) is 5.33. The van der Waals surface area contributed by atoms with Crippen molar-refractivity contribution in [1.82, 2.24) is 0 Å². The van der Waals surface area contributed by atoms with E-state index in [-0.39, 0.29) is 26.1 Å². The van der Waals surface area contributed by atoms with Gasteiger partial charge in [-0.15, -0.1) is 0 Å². The van der Waals surface area contributed by atoms with Gasteiger partial charge in [-0.1, -0.05) is 71.6 Å². The Morgan fingerprint density at radius 1 is 0.596 bits per heavy atom. The Morgan fingerprint density at radius 2 is 1.09 bits per heavy atom. The third-order valence-corrected chi connectivity index (χ3v) is 8.34. The molecule has 15 nitrogen and oxygen atoms in total. The van der Waals surface area contributed by atoms with Crippen LogP contribution < -0.4 is 0 Å². The smallest absolute Gasteiger partial charge is 0.306 e. The maximum Gasteiger partial charge on any atom is 0.306 e. The van der Waals surface area contributed by atoms with Gasteiger partial charge in [0.05, 0.1) is 19.8 Å². The molecule has 2 aliphatic rings. The lowest BCUT2D eigenvalue weighted by Gasteiger charge is -2.42. The lowest BCUT2D eigenvalue weighted by molar-refractivity contribution is -0.332. The fraction of sp³-hybridized carbons (Fsp3) is 0.938. The number of hydrogen-bond acceptors (Lipinski definition) is 15. The maximum absolute atomic E-state index is 12.6. The van der Waals surface area contributed by atoms with Crippen molar-refractivity contribution in [2.75, 3.05) is 26.4 Å². The number of carbonyl (C=O) groups excluding carboxylic acids is 2. The van der Waals surface area contributed by atoms with Crippen LogP contribution in [0.25, 0.3) is 0 Å². The van der Waals surface area contributed by atoms with E-state index in [2.05, 4.69) is 13.8 Å². The summed E-state index contributed by atoms with van der Waals surface area (Å²) in [6.07, 6.45) is -5.80. The molecule has 0 amide bonds. The highest BCUT2D eigenvalue weighted by Gasteiger charge is 2.47. The molecule has 47 heavy (non-hydrogen) atoms. The number of hydrogen-bond donors (Lipinski definition) is 7. The van der Waals surface area contributed by atoms with Crippen LogP contribution in [0.5, 0.6) is 0 Å². The third kappa shape index (κ3) is 14.5. The Balaban J connectivity index is 1.96. The minimum atomic E-state index is -1.75. The zero-order valence-electron chi connectivity index (χ0n) is 27.8. The Kier molecular flexibility index (Phi) is 20.4. The molecule has 0 bridgehead atoms. The number of carbonyl (C=O) groups is 2. The number of aliphatic hydroxyl groups excluding tert-OH is 7. The van der Waals surface area contributed by atoms with Gasteiger partial charge in [-0.25, -0.2) is 0 Å². The molecule has 15 heteroatoms. The SMILES string of the molecule is CCCCCCCCC(=O)O[C@H](COC(=O)CCCCCCC)CO[C@@H]1O[C@H](CO[C@H]2O[C@H](CO)[C@H](O)[C@H](O)[C@H]2O)[C@H](O)[C@H](O)[C@H]1O. The van der Waals surface area contributed by atoms with Crippen LogP contribution in [0.4, 0.5) is 0 Å². The minimum Gasteiger partial charge on any atom is -0.462 e. The molecule has 2 saturated heterocycles. The Labute approximate surface area is 277 Å². The molecule has 0 aliphatic carbocycles. The molecule has 0 radical (unpaired) electrons. The van der Waals surface area contributed by atoms with Crippen LogP contribution in [-0.2, 0) is 38.0 Å². The third-order valence-electron chi connectivity index (χ3n) is 8.34. The van der Waals surface area contributed by atoms with Crippen LogP contribution in [0.1, 0.15) is 97.3 Å². The summed E-state index contributed by atoms with van der Waals surface area (Å²) in [4.78, 5) is 24.9. The molecule has 276 valence electrons. The van der Waals surface area contributed by atoms with Crippen molar-refractivity contribution >= 4 is 11.9 Å². The number of aliphatic hydroxyl groups is 7. The van der Waals surface area contributed by atoms with E-state index in [9.17, 15) is 45.3 Å². The quantitative estimate of drug-likeness (QED) is 0.0563. The normalized spacial score (nSPS) is 31.8. The molecule has 0 aromatic carbocycles. The van der Waals surface area contributed by atoms with Crippen molar-refractivity contribution in [2.45, 2.75) is 165 Å². The van der Waals surface area contributed by atoms with Crippen molar-refractivity contribution in [1.29, 1.82) is 0 Å². The van der Waals surface area contributed by atoms with E-state index in [4.69, 9.17) is 28.4 Å². The zero-order valence-corrected chi connectivity index (χ0v) is 27.8. The second-order valence-corrected chi connectivity index (χ2v) is 12.4. The Hall–Kier alpha value is -1.50. The van der Waals surface area contributed by atoms with E-state index in [1.807, 2.05) is 0 Å². The van der Waals surface area contributed by atoms with Gasteiger partial charge in [0.1, 0.15) is 55.4 Å². The monoisotopic (exact) mass is 682 g/mol. The van der Waals surface area contributed by atoms with Gasteiger partial charge in [0.15, 0.2) is 18.7 Å². The number of esters is 2. The van der Waals surface area contributed by atoms with Gasteiger partial charge in [0, 0.05) is 12.8 Å². The number of unbranched alkanes of at least 4 members (excludes halogenated alkanes) is 9. The van der Waals surface area contributed by atoms with Crippen molar-refractivity contribution in [3.8, 4) is 0 Å². The van der Waals surface area contributed by atoms with E-state index in [1.165, 1.54) is 0 Å². The Bertz CT molecular complexity index is 860. The van der Waals surface area contributed by atoms with Crippen LogP contribution in [0.2, 0.25) is 0 Å². The first-order valence-corrected chi connectivity index (χ1v) is 17.1. The van der Waals surface area contributed by atoms with Crippen molar-refractivity contribution in [2.24, 2.45) is 0 Å². The van der Waals surface area contributed by atoms with E-state index in [0.29, 0.717) is 12.8 Å². The number of ether oxygens (including phenoxy) is 6. The summed E-state index contributed by atoms with van der Waals surface area (Å²) < 4.78 is 32.9. The molecule has 0 saturated carbocycles. The molecule has 11 atom stereocenters. The average molecular weight is 683 g/mol. The molecule has 0 aromatic rings. The molecule has 2 fully saturated rings. The highest BCUT2D eigenvalue weighted by Crippen LogP contribution is 2.26. The highest BCUT2D eigenvalue weighted by molar-refractivity contribution is 5.70. The van der Waals surface area contributed by atoms with Gasteiger partial charge in [-0.2, -0.15) is 0 Å². The second kappa shape index (κ2) is 23.0. The largest absolute Gasteiger partial charge is 0.462 e. The molecule has 0 spiro atoms. The summed E-state index contributed by atoms with van der Waals surface area (Å²) in [5.74, 6) is -0.951. The van der Waals surface area contributed by atoms with E-state index in [1.54, 1.807) is 0 Å².